The topological polar surface area (TPSA) is 78.3 Å². The summed E-state index contributed by atoms with van der Waals surface area (Å²) in [6.07, 6.45) is 7.10. The molecule has 22 heavy (non-hydrogen) atoms. The number of rotatable bonds is 3. The molecule has 0 heterocycles. The molecular weight excluding hydrogens is 276 g/mol. The number of benzene rings is 1. The van der Waals surface area contributed by atoms with Crippen molar-refractivity contribution in [3.8, 4) is 0 Å². The van der Waals surface area contributed by atoms with E-state index >= 15 is 0 Å². The van der Waals surface area contributed by atoms with Crippen LogP contribution >= 0.6 is 0 Å². The van der Waals surface area contributed by atoms with Crippen LogP contribution in [0.25, 0.3) is 0 Å². The lowest BCUT2D eigenvalue weighted by molar-refractivity contribution is -0.172. The molecule has 0 spiro atoms. The number of anilines is 2. The first-order valence-corrected chi connectivity index (χ1v) is 8.35. The number of carbonyl (C=O) groups is 1. The van der Waals surface area contributed by atoms with Crippen LogP contribution in [0.3, 0.4) is 0 Å². The summed E-state index contributed by atoms with van der Waals surface area (Å²) in [5.41, 5.74) is 13.5. The normalized spacial score (nSPS) is 35.5. The minimum absolute atomic E-state index is 0.00262. The summed E-state index contributed by atoms with van der Waals surface area (Å²) >= 11 is 0. The van der Waals surface area contributed by atoms with Gasteiger partial charge in [0, 0.05) is 16.9 Å². The van der Waals surface area contributed by atoms with Crippen molar-refractivity contribution in [1.82, 2.24) is 0 Å². The Morgan fingerprint density at radius 1 is 1.09 bits per heavy atom. The second kappa shape index (κ2) is 4.90. The number of esters is 1. The highest BCUT2D eigenvalue weighted by Crippen LogP contribution is 2.60. The smallest absolute Gasteiger partial charge is 0.312 e. The number of hydrogen-bond acceptors (Lipinski definition) is 4. The number of nitrogen functional groups attached to an aromatic ring is 2. The van der Waals surface area contributed by atoms with E-state index in [9.17, 15) is 4.79 Å². The molecule has 118 valence electrons. The van der Waals surface area contributed by atoms with Crippen molar-refractivity contribution in [2.75, 3.05) is 11.5 Å². The molecule has 4 fully saturated rings. The maximum absolute atomic E-state index is 12.8. The summed E-state index contributed by atoms with van der Waals surface area (Å²) in [5.74, 6) is 2.25. The first kappa shape index (κ1) is 13.9. The van der Waals surface area contributed by atoms with Crippen LogP contribution in [0.5, 0.6) is 0 Å². The lowest BCUT2D eigenvalue weighted by Crippen LogP contribution is -2.50. The van der Waals surface area contributed by atoms with Gasteiger partial charge in [-0.3, -0.25) is 4.79 Å². The number of nitrogens with two attached hydrogens (primary N) is 2. The zero-order chi connectivity index (χ0) is 15.3. The van der Waals surface area contributed by atoms with Gasteiger partial charge in [0.15, 0.2) is 0 Å². The fraction of sp³-hybridized carbons (Fsp3) is 0.611. The van der Waals surface area contributed by atoms with Gasteiger partial charge >= 0.3 is 5.97 Å². The summed E-state index contributed by atoms with van der Waals surface area (Å²) in [6.45, 7) is 0.257. The molecule has 4 bridgehead atoms. The van der Waals surface area contributed by atoms with E-state index in [1.165, 1.54) is 19.3 Å². The molecule has 0 unspecified atom stereocenters. The summed E-state index contributed by atoms with van der Waals surface area (Å²) in [6, 6.07) is 5.36. The molecule has 1 aromatic carbocycles. The zero-order valence-electron chi connectivity index (χ0n) is 12.9. The second-order valence-electron chi connectivity index (χ2n) is 7.73. The molecule has 0 atom stereocenters. The van der Waals surface area contributed by atoms with Gasteiger partial charge in [0.2, 0.25) is 0 Å². The Balaban J connectivity index is 1.46. The van der Waals surface area contributed by atoms with Crippen LogP contribution < -0.4 is 11.5 Å². The lowest BCUT2D eigenvalue weighted by atomic mass is 9.49. The van der Waals surface area contributed by atoms with Gasteiger partial charge in [-0.2, -0.15) is 0 Å². The third-order valence-electron chi connectivity index (χ3n) is 6.00. The Morgan fingerprint density at radius 3 is 2.23 bits per heavy atom. The van der Waals surface area contributed by atoms with Gasteiger partial charge in [0.05, 0.1) is 5.41 Å². The highest BCUT2D eigenvalue weighted by molar-refractivity contribution is 5.77. The van der Waals surface area contributed by atoms with Crippen LogP contribution in [0, 0.1) is 23.2 Å². The maximum Gasteiger partial charge on any atom is 0.312 e. The van der Waals surface area contributed by atoms with E-state index in [-0.39, 0.29) is 18.0 Å². The van der Waals surface area contributed by atoms with Crippen LogP contribution in [0.2, 0.25) is 0 Å². The molecule has 4 heteroatoms. The Hall–Kier alpha value is -1.71. The van der Waals surface area contributed by atoms with Crippen LogP contribution in [-0.4, -0.2) is 5.97 Å². The van der Waals surface area contributed by atoms with Crippen molar-refractivity contribution >= 4 is 17.3 Å². The Morgan fingerprint density at radius 2 is 1.68 bits per heavy atom. The van der Waals surface area contributed by atoms with E-state index in [0.717, 1.165) is 42.6 Å². The van der Waals surface area contributed by atoms with Crippen molar-refractivity contribution in [1.29, 1.82) is 0 Å². The minimum Gasteiger partial charge on any atom is -0.460 e. The third-order valence-corrected chi connectivity index (χ3v) is 6.00. The Labute approximate surface area is 131 Å². The van der Waals surface area contributed by atoms with Crippen molar-refractivity contribution in [2.24, 2.45) is 23.2 Å². The average Bonchev–Trinajstić information content (AvgIpc) is 2.44. The molecule has 0 radical (unpaired) electrons. The molecular formula is C18H24N2O2. The fourth-order valence-corrected chi connectivity index (χ4v) is 5.40. The number of ether oxygens (including phenoxy) is 1. The molecule has 0 saturated heterocycles. The van der Waals surface area contributed by atoms with Gasteiger partial charge in [-0.15, -0.1) is 0 Å². The van der Waals surface area contributed by atoms with Crippen molar-refractivity contribution < 1.29 is 9.53 Å². The van der Waals surface area contributed by atoms with Crippen LogP contribution in [0.1, 0.15) is 44.1 Å². The third kappa shape index (κ3) is 2.25. The lowest BCUT2D eigenvalue weighted by Gasteiger charge is -2.55. The monoisotopic (exact) mass is 300 g/mol. The van der Waals surface area contributed by atoms with Gasteiger partial charge in [0.25, 0.3) is 0 Å². The molecule has 4 N–H and O–H groups in total. The standard InChI is InChI=1S/C18H24N2O2/c19-15-2-1-14(16(20)6-15)10-22-17(21)18-7-11-3-12(8-18)5-13(4-11)9-18/h1-2,6,11-13H,3-5,7-10,19-20H2. The first-order chi connectivity index (χ1) is 10.5. The highest BCUT2D eigenvalue weighted by atomic mass is 16.5. The van der Waals surface area contributed by atoms with Crippen LogP contribution in [-0.2, 0) is 16.1 Å². The molecule has 4 aliphatic rings. The molecule has 4 nitrogen and oxygen atoms in total. The maximum atomic E-state index is 12.8. The average molecular weight is 300 g/mol. The summed E-state index contributed by atoms with van der Waals surface area (Å²) in [4.78, 5) is 12.8. The summed E-state index contributed by atoms with van der Waals surface area (Å²) in [7, 11) is 0. The fourth-order valence-electron chi connectivity index (χ4n) is 5.40. The minimum atomic E-state index is -0.197. The van der Waals surface area contributed by atoms with Crippen molar-refractivity contribution in [3.05, 3.63) is 23.8 Å². The van der Waals surface area contributed by atoms with E-state index in [1.54, 1.807) is 12.1 Å². The van der Waals surface area contributed by atoms with E-state index < -0.39 is 0 Å². The number of hydrogen-bond donors (Lipinski definition) is 2. The van der Waals surface area contributed by atoms with Gasteiger partial charge < -0.3 is 16.2 Å². The predicted octanol–water partition coefficient (Wildman–Crippen LogP) is 3.11. The van der Waals surface area contributed by atoms with E-state index in [2.05, 4.69) is 0 Å². The SMILES string of the molecule is Nc1ccc(COC(=O)C23CC4CC(CC(C4)C2)C3)c(N)c1. The van der Waals surface area contributed by atoms with Crippen molar-refractivity contribution in [2.45, 2.75) is 45.1 Å². The van der Waals surface area contributed by atoms with E-state index in [1.807, 2.05) is 6.07 Å². The number of carbonyl (C=O) groups excluding carboxylic acids is 1. The van der Waals surface area contributed by atoms with E-state index in [0.29, 0.717) is 11.4 Å². The molecule has 4 aliphatic carbocycles. The molecule has 0 aromatic heterocycles. The largest absolute Gasteiger partial charge is 0.460 e. The second-order valence-corrected chi connectivity index (χ2v) is 7.73. The summed E-state index contributed by atoms with van der Waals surface area (Å²) in [5, 5.41) is 0. The van der Waals surface area contributed by atoms with Gasteiger partial charge in [-0.25, -0.2) is 0 Å². The Bertz CT molecular complexity index is 576. The molecule has 5 rings (SSSR count). The predicted molar refractivity (Wildman–Crippen MR) is 85.7 cm³/mol. The highest BCUT2D eigenvalue weighted by Gasteiger charge is 2.55. The Kier molecular flexibility index (Phi) is 3.10. The van der Waals surface area contributed by atoms with Crippen molar-refractivity contribution in [3.63, 3.8) is 0 Å². The van der Waals surface area contributed by atoms with E-state index in [4.69, 9.17) is 16.2 Å². The molecule has 0 aliphatic heterocycles. The first-order valence-electron chi connectivity index (χ1n) is 8.35. The molecule has 1 aromatic rings. The quantitative estimate of drug-likeness (QED) is 0.664. The molecule has 4 saturated carbocycles. The zero-order valence-corrected chi connectivity index (χ0v) is 12.9. The van der Waals surface area contributed by atoms with Crippen LogP contribution in [0.15, 0.2) is 18.2 Å². The van der Waals surface area contributed by atoms with Gasteiger partial charge in [-0.1, -0.05) is 6.07 Å². The van der Waals surface area contributed by atoms with Gasteiger partial charge in [0.1, 0.15) is 6.61 Å². The van der Waals surface area contributed by atoms with Gasteiger partial charge in [-0.05, 0) is 68.4 Å². The summed E-state index contributed by atoms with van der Waals surface area (Å²) < 4.78 is 5.67. The molecule has 0 amide bonds. The van der Waals surface area contributed by atoms with Crippen LogP contribution in [0.4, 0.5) is 11.4 Å².